The third-order valence-corrected chi connectivity index (χ3v) is 5.85. The Labute approximate surface area is 144 Å². The van der Waals surface area contributed by atoms with Crippen molar-refractivity contribution in [1.82, 2.24) is 19.1 Å². The molecule has 2 aromatic heterocycles. The maximum atomic E-state index is 13.2. The van der Waals surface area contributed by atoms with Crippen molar-refractivity contribution in [2.24, 2.45) is 17.8 Å². The van der Waals surface area contributed by atoms with Crippen LogP contribution in [0.25, 0.3) is 16.9 Å². The van der Waals surface area contributed by atoms with E-state index in [1.807, 2.05) is 31.2 Å². The fraction of sp³-hybridized carbons (Fsp3) is 0.421. The molecular formula is C19H20N4O2. The SMILES string of the molecule is Cc1ccccc1-n1c(=O)n(CC2C[C@@H]3C[C@@H]3C2)c(=O)c2[nH]cnc21. The number of nitrogens with one attached hydrogen (secondary N) is 1. The molecule has 2 aliphatic rings. The Balaban J connectivity index is 1.71. The summed E-state index contributed by atoms with van der Waals surface area (Å²) in [5.41, 5.74) is 1.98. The van der Waals surface area contributed by atoms with Crippen LogP contribution in [0.1, 0.15) is 24.8 Å². The molecule has 1 aromatic carbocycles. The molecule has 0 saturated heterocycles. The van der Waals surface area contributed by atoms with Crippen molar-refractivity contribution >= 4 is 11.2 Å². The van der Waals surface area contributed by atoms with Gasteiger partial charge in [-0.25, -0.2) is 14.3 Å². The van der Waals surface area contributed by atoms with Gasteiger partial charge in [-0.15, -0.1) is 0 Å². The molecule has 2 aliphatic carbocycles. The zero-order chi connectivity index (χ0) is 17.1. The highest BCUT2D eigenvalue weighted by Gasteiger charge is 2.45. The van der Waals surface area contributed by atoms with E-state index in [9.17, 15) is 9.59 Å². The molecule has 5 rings (SSSR count). The molecule has 2 heterocycles. The van der Waals surface area contributed by atoms with Gasteiger partial charge in [-0.2, -0.15) is 0 Å². The summed E-state index contributed by atoms with van der Waals surface area (Å²) >= 11 is 0. The number of imidazole rings is 1. The summed E-state index contributed by atoms with van der Waals surface area (Å²) < 4.78 is 2.97. The Kier molecular flexibility index (Phi) is 3.04. The molecule has 1 unspecified atom stereocenters. The highest BCUT2D eigenvalue weighted by atomic mass is 16.2. The van der Waals surface area contributed by atoms with Crippen LogP contribution in [0, 0.1) is 24.7 Å². The van der Waals surface area contributed by atoms with Gasteiger partial charge in [0.25, 0.3) is 5.56 Å². The summed E-state index contributed by atoms with van der Waals surface area (Å²) in [6, 6.07) is 7.68. The Morgan fingerprint density at radius 2 is 1.92 bits per heavy atom. The lowest BCUT2D eigenvalue weighted by Crippen LogP contribution is -2.41. The van der Waals surface area contributed by atoms with Gasteiger partial charge in [0, 0.05) is 6.54 Å². The van der Waals surface area contributed by atoms with E-state index in [2.05, 4.69) is 9.97 Å². The van der Waals surface area contributed by atoms with Crippen molar-refractivity contribution in [3.05, 3.63) is 57.0 Å². The van der Waals surface area contributed by atoms with Crippen LogP contribution in [0.4, 0.5) is 0 Å². The van der Waals surface area contributed by atoms with Crippen molar-refractivity contribution < 1.29 is 0 Å². The smallest absolute Gasteiger partial charge is 0.337 e. The van der Waals surface area contributed by atoms with Crippen molar-refractivity contribution in [1.29, 1.82) is 0 Å². The number of aromatic nitrogens is 4. The van der Waals surface area contributed by atoms with Crippen LogP contribution in [0.3, 0.4) is 0 Å². The largest absolute Gasteiger partial charge is 0.339 e. The number of rotatable bonds is 3. The highest BCUT2D eigenvalue weighted by molar-refractivity contribution is 5.71. The van der Waals surface area contributed by atoms with Crippen LogP contribution in [0.5, 0.6) is 0 Å². The van der Waals surface area contributed by atoms with E-state index in [1.165, 1.54) is 17.3 Å². The van der Waals surface area contributed by atoms with Crippen LogP contribution in [0.15, 0.2) is 40.2 Å². The second kappa shape index (κ2) is 5.18. The molecule has 0 amide bonds. The molecule has 25 heavy (non-hydrogen) atoms. The minimum absolute atomic E-state index is 0.261. The number of para-hydroxylation sites is 1. The number of H-pyrrole nitrogens is 1. The van der Waals surface area contributed by atoms with Crippen LogP contribution in [-0.4, -0.2) is 19.1 Å². The molecule has 0 bridgehead atoms. The van der Waals surface area contributed by atoms with Gasteiger partial charge in [0.15, 0.2) is 5.65 Å². The first-order chi connectivity index (χ1) is 12.1. The Hall–Kier alpha value is -2.63. The van der Waals surface area contributed by atoms with E-state index in [0.29, 0.717) is 23.6 Å². The summed E-state index contributed by atoms with van der Waals surface area (Å²) in [5.74, 6) is 2.09. The van der Waals surface area contributed by atoms with Gasteiger partial charge in [-0.1, -0.05) is 18.2 Å². The molecule has 3 atom stereocenters. The van der Waals surface area contributed by atoms with Crippen LogP contribution >= 0.6 is 0 Å². The number of hydrogen-bond donors (Lipinski definition) is 1. The molecule has 2 saturated carbocycles. The van der Waals surface area contributed by atoms with Gasteiger partial charge in [0.1, 0.15) is 5.52 Å². The Bertz CT molecular complexity index is 1080. The minimum Gasteiger partial charge on any atom is -0.339 e. The molecule has 2 fully saturated rings. The van der Waals surface area contributed by atoms with Gasteiger partial charge >= 0.3 is 5.69 Å². The zero-order valence-electron chi connectivity index (χ0n) is 14.1. The quantitative estimate of drug-likeness (QED) is 0.797. The van der Waals surface area contributed by atoms with Crippen molar-refractivity contribution in [3.63, 3.8) is 0 Å². The summed E-state index contributed by atoms with van der Waals surface area (Å²) in [5, 5.41) is 0. The van der Waals surface area contributed by atoms with E-state index in [1.54, 1.807) is 4.57 Å². The van der Waals surface area contributed by atoms with E-state index >= 15 is 0 Å². The third-order valence-electron chi connectivity index (χ3n) is 5.85. The van der Waals surface area contributed by atoms with Crippen LogP contribution < -0.4 is 11.2 Å². The van der Waals surface area contributed by atoms with Crippen LogP contribution in [-0.2, 0) is 6.54 Å². The first-order valence-electron chi connectivity index (χ1n) is 8.88. The molecule has 1 N–H and O–H groups in total. The summed E-state index contributed by atoms with van der Waals surface area (Å²) in [6.07, 6.45) is 5.09. The van der Waals surface area contributed by atoms with Gasteiger partial charge in [-0.3, -0.25) is 9.36 Å². The van der Waals surface area contributed by atoms with Gasteiger partial charge < -0.3 is 4.98 Å². The van der Waals surface area contributed by atoms with E-state index in [-0.39, 0.29) is 11.2 Å². The number of hydrogen-bond acceptors (Lipinski definition) is 3. The van der Waals surface area contributed by atoms with Crippen molar-refractivity contribution in [2.45, 2.75) is 32.7 Å². The van der Waals surface area contributed by atoms with E-state index in [0.717, 1.165) is 35.9 Å². The maximum Gasteiger partial charge on any atom is 0.337 e. The summed E-state index contributed by atoms with van der Waals surface area (Å²) in [7, 11) is 0. The molecule has 128 valence electrons. The number of fused-ring (bicyclic) bond motifs is 2. The maximum absolute atomic E-state index is 13.2. The van der Waals surface area contributed by atoms with Gasteiger partial charge in [0.05, 0.1) is 12.0 Å². The average molecular weight is 336 g/mol. The van der Waals surface area contributed by atoms with Gasteiger partial charge in [-0.05, 0) is 55.6 Å². The normalized spacial score (nSPS) is 24.6. The lowest BCUT2D eigenvalue weighted by atomic mass is 10.0. The predicted octanol–water partition coefficient (Wildman–Crippen LogP) is 2.23. The third kappa shape index (κ3) is 2.20. The first kappa shape index (κ1) is 14.7. The second-order valence-corrected chi connectivity index (χ2v) is 7.51. The predicted molar refractivity (Wildman–Crippen MR) is 95.0 cm³/mol. The molecule has 6 nitrogen and oxygen atoms in total. The van der Waals surface area contributed by atoms with Crippen LogP contribution in [0.2, 0.25) is 0 Å². The number of benzene rings is 1. The zero-order valence-corrected chi connectivity index (χ0v) is 14.1. The second-order valence-electron chi connectivity index (χ2n) is 7.51. The number of nitrogens with zero attached hydrogens (tertiary/aromatic N) is 3. The first-order valence-corrected chi connectivity index (χ1v) is 8.88. The highest BCUT2D eigenvalue weighted by Crippen LogP contribution is 2.54. The van der Waals surface area contributed by atoms with Crippen molar-refractivity contribution in [2.75, 3.05) is 0 Å². The monoisotopic (exact) mass is 336 g/mol. The molecular weight excluding hydrogens is 316 g/mol. The topological polar surface area (TPSA) is 72.7 Å². The number of aryl methyl sites for hydroxylation is 1. The Morgan fingerprint density at radius 1 is 1.16 bits per heavy atom. The van der Waals surface area contributed by atoms with E-state index < -0.39 is 0 Å². The molecule has 0 aliphatic heterocycles. The summed E-state index contributed by atoms with van der Waals surface area (Å²) in [6.45, 7) is 2.46. The fourth-order valence-electron chi connectivity index (χ4n) is 4.49. The molecule has 0 radical (unpaired) electrons. The Morgan fingerprint density at radius 3 is 2.68 bits per heavy atom. The lowest BCUT2D eigenvalue weighted by molar-refractivity contribution is 0.400. The number of aromatic amines is 1. The molecule has 3 aromatic rings. The average Bonchev–Trinajstić information content (AvgIpc) is 2.99. The standard InChI is InChI=1S/C19H20N4O2/c1-11-4-2-3-5-15(11)23-17-16(20-10-21-17)18(24)22(19(23)25)9-12-6-13-8-14(13)7-12/h2-5,10,12-14H,6-9H2,1H3,(H,20,21)/t12?,13-,14+. The minimum atomic E-state index is -0.292. The lowest BCUT2D eigenvalue weighted by Gasteiger charge is -2.16. The molecule has 0 spiro atoms. The summed E-state index contributed by atoms with van der Waals surface area (Å²) in [4.78, 5) is 33.2. The van der Waals surface area contributed by atoms with Gasteiger partial charge in [0.2, 0.25) is 0 Å². The van der Waals surface area contributed by atoms with Crippen molar-refractivity contribution in [3.8, 4) is 5.69 Å². The van der Waals surface area contributed by atoms with E-state index in [4.69, 9.17) is 0 Å². The molecule has 6 heteroatoms. The fourth-order valence-corrected chi connectivity index (χ4v) is 4.49.